The minimum absolute atomic E-state index is 0.115. The Morgan fingerprint density at radius 2 is 1.80 bits per heavy atom. The van der Waals surface area contributed by atoms with E-state index in [1.807, 2.05) is 26.0 Å². The third-order valence-corrected chi connectivity index (χ3v) is 5.65. The van der Waals surface area contributed by atoms with Gasteiger partial charge in [0.05, 0.1) is 42.2 Å². The first-order chi connectivity index (χ1) is 14.3. The number of rotatable bonds is 7. The molecule has 1 aliphatic heterocycles. The average Bonchev–Trinajstić information content (AvgIpc) is 2.72. The van der Waals surface area contributed by atoms with E-state index in [1.54, 1.807) is 6.07 Å². The number of aliphatic hydroxyl groups excluding tert-OH is 2. The molecule has 0 bridgehead atoms. The van der Waals surface area contributed by atoms with Gasteiger partial charge in [0.25, 0.3) is 0 Å². The summed E-state index contributed by atoms with van der Waals surface area (Å²) >= 11 is 0. The lowest BCUT2D eigenvalue weighted by molar-refractivity contribution is -0.113. The van der Waals surface area contributed by atoms with Gasteiger partial charge in [0.1, 0.15) is 0 Å². The molecule has 5 heteroatoms. The standard InChI is InChI=1S/C25H31NO4/c1-25(2,29)10-9-17-3-5-18(6-4-17)11-21-12-19(7-8-20(21)15-26)24-14-22(28)13-23(16-27)30-24/h3-8,12,22-24,27-29H,9-11,13-14,16H2,1-2H3/t22?,23-,24+/m0/s1. The highest BCUT2D eigenvalue weighted by atomic mass is 16.5. The van der Waals surface area contributed by atoms with Crippen LogP contribution in [0.25, 0.3) is 0 Å². The molecule has 5 nitrogen and oxygen atoms in total. The Morgan fingerprint density at radius 1 is 1.10 bits per heavy atom. The smallest absolute Gasteiger partial charge is 0.0994 e. The molecule has 160 valence electrons. The van der Waals surface area contributed by atoms with Crippen LogP contribution in [0.15, 0.2) is 42.5 Å². The first-order valence-corrected chi connectivity index (χ1v) is 10.5. The van der Waals surface area contributed by atoms with Gasteiger partial charge in [-0.05, 0) is 61.4 Å². The van der Waals surface area contributed by atoms with Crippen molar-refractivity contribution in [2.75, 3.05) is 6.61 Å². The molecule has 3 N–H and O–H groups in total. The van der Waals surface area contributed by atoms with Crippen LogP contribution in [0.3, 0.4) is 0 Å². The summed E-state index contributed by atoms with van der Waals surface area (Å²) in [4.78, 5) is 0. The zero-order valence-corrected chi connectivity index (χ0v) is 17.7. The monoisotopic (exact) mass is 409 g/mol. The average molecular weight is 410 g/mol. The van der Waals surface area contributed by atoms with Crippen molar-refractivity contribution in [2.45, 2.75) is 69.9 Å². The van der Waals surface area contributed by atoms with Crippen LogP contribution in [-0.2, 0) is 17.6 Å². The molecular weight excluding hydrogens is 378 g/mol. The molecule has 1 unspecified atom stereocenters. The van der Waals surface area contributed by atoms with Crippen molar-refractivity contribution < 1.29 is 20.1 Å². The second kappa shape index (κ2) is 9.72. The third-order valence-electron chi connectivity index (χ3n) is 5.65. The summed E-state index contributed by atoms with van der Waals surface area (Å²) in [6.45, 7) is 3.52. The molecule has 1 saturated heterocycles. The number of aryl methyl sites for hydroxylation is 1. The molecular formula is C25H31NO4. The molecule has 2 aromatic rings. The van der Waals surface area contributed by atoms with Crippen molar-refractivity contribution in [3.63, 3.8) is 0 Å². The first-order valence-electron chi connectivity index (χ1n) is 10.5. The largest absolute Gasteiger partial charge is 0.394 e. The van der Waals surface area contributed by atoms with E-state index < -0.39 is 11.7 Å². The van der Waals surface area contributed by atoms with E-state index >= 15 is 0 Å². The Kier molecular flexibility index (Phi) is 7.27. The van der Waals surface area contributed by atoms with Gasteiger partial charge in [0, 0.05) is 12.8 Å². The van der Waals surface area contributed by atoms with Crippen LogP contribution in [0.4, 0.5) is 0 Å². The van der Waals surface area contributed by atoms with E-state index in [0.717, 1.165) is 23.1 Å². The lowest BCUT2D eigenvalue weighted by Gasteiger charge is -2.32. The number of hydrogen-bond acceptors (Lipinski definition) is 5. The normalized spacial score (nSPS) is 21.9. The van der Waals surface area contributed by atoms with Crippen molar-refractivity contribution in [3.05, 3.63) is 70.3 Å². The summed E-state index contributed by atoms with van der Waals surface area (Å²) in [5.41, 5.74) is 4.07. The van der Waals surface area contributed by atoms with Crippen LogP contribution >= 0.6 is 0 Å². The maximum absolute atomic E-state index is 10.1. The molecule has 3 atom stereocenters. The van der Waals surface area contributed by atoms with E-state index in [-0.39, 0.29) is 18.8 Å². The van der Waals surface area contributed by atoms with Crippen LogP contribution in [0.1, 0.15) is 67.0 Å². The number of ether oxygens (including phenoxy) is 1. The fourth-order valence-electron chi connectivity index (χ4n) is 3.89. The number of nitriles is 1. The molecule has 3 rings (SSSR count). The lowest BCUT2D eigenvalue weighted by Crippen LogP contribution is -2.33. The van der Waals surface area contributed by atoms with Gasteiger partial charge < -0.3 is 20.1 Å². The molecule has 0 saturated carbocycles. The van der Waals surface area contributed by atoms with Gasteiger partial charge in [-0.15, -0.1) is 0 Å². The Bertz CT molecular complexity index is 880. The Labute approximate surface area is 178 Å². The van der Waals surface area contributed by atoms with Gasteiger partial charge in [-0.3, -0.25) is 0 Å². The van der Waals surface area contributed by atoms with E-state index in [2.05, 4.69) is 30.3 Å². The summed E-state index contributed by atoms with van der Waals surface area (Å²) < 4.78 is 5.93. The number of nitrogens with zero attached hydrogens (tertiary/aromatic N) is 1. The highest BCUT2D eigenvalue weighted by molar-refractivity contribution is 5.44. The van der Waals surface area contributed by atoms with Crippen LogP contribution in [0, 0.1) is 11.3 Å². The van der Waals surface area contributed by atoms with Gasteiger partial charge in [-0.25, -0.2) is 0 Å². The van der Waals surface area contributed by atoms with Gasteiger partial charge in [-0.1, -0.05) is 36.4 Å². The minimum Gasteiger partial charge on any atom is -0.394 e. The van der Waals surface area contributed by atoms with Crippen LogP contribution in [-0.4, -0.2) is 39.7 Å². The Morgan fingerprint density at radius 3 is 2.43 bits per heavy atom. The van der Waals surface area contributed by atoms with Crippen LogP contribution in [0.5, 0.6) is 0 Å². The predicted octanol–water partition coefficient (Wildman–Crippen LogP) is 3.43. The topological polar surface area (TPSA) is 93.7 Å². The highest BCUT2D eigenvalue weighted by Gasteiger charge is 2.29. The fraction of sp³-hybridized carbons (Fsp3) is 0.480. The summed E-state index contributed by atoms with van der Waals surface area (Å²) in [5.74, 6) is 0. The summed E-state index contributed by atoms with van der Waals surface area (Å²) in [6, 6.07) is 16.2. The SMILES string of the molecule is CC(C)(O)CCc1ccc(Cc2cc([C@H]3CC(O)C[C@@H](CO)O3)ccc2C#N)cc1. The second-order valence-corrected chi connectivity index (χ2v) is 8.89. The molecule has 1 fully saturated rings. The maximum atomic E-state index is 10.1. The Hall–Kier alpha value is -2.23. The lowest BCUT2D eigenvalue weighted by atomic mass is 9.91. The molecule has 0 aromatic heterocycles. The van der Waals surface area contributed by atoms with Crippen molar-refractivity contribution in [3.8, 4) is 6.07 Å². The summed E-state index contributed by atoms with van der Waals surface area (Å²) in [6.07, 6.45) is 1.91. The zero-order valence-electron chi connectivity index (χ0n) is 17.7. The Balaban J connectivity index is 1.75. The molecule has 2 aromatic carbocycles. The number of aliphatic hydroxyl groups is 3. The molecule has 0 amide bonds. The first kappa shape index (κ1) is 22.5. The van der Waals surface area contributed by atoms with Crippen molar-refractivity contribution in [1.29, 1.82) is 5.26 Å². The molecule has 1 heterocycles. The quantitative estimate of drug-likeness (QED) is 0.651. The van der Waals surface area contributed by atoms with E-state index in [9.17, 15) is 20.6 Å². The summed E-state index contributed by atoms with van der Waals surface area (Å²) in [5, 5.41) is 39.0. The molecule has 0 radical (unpaired) electrons. The van der Waals surface area contributed by atoms with Gasteiger partial charge in [-0.2, -0.15) is 5.26 Å². The second-order valence-electron chi connectivity index (χ2n) is 8.89. The molecule has 30 heavy (non-hydrogen) atoms. The number of benzene rings is 2. The van der Waals surface area contributed by atoms with E-state index in [4.69, 9.17) is 4.74 Å². The molecule has 1 aliphatic rings. The van der Waals surface area contributed by atoms with E-state index in [0.29, 0.717) is 31.2 Å². The molecule has 0 spiro atoms. The minimum atomic E-state index is -0.676. The highest BCUT2D eigenvalue weighted by Crippen LogP contribution is 2.32. The third kappa shape index (κ3) is 6.13. The van der Waals surface area contributed by atoms with Crippen LogP contribution < -0.4 is 0 Å². The molecule has 0 aliphatic carbocycles. The predicted molar refractivity (Wildman–Crippen MR) is 115 cm³/mol. The van der Waals surface area contributed by atoms with Crippen molar-refractivity contribution in [1.82, 2.24) is 0 Å². The maximum Gasteiger partial charge on any atom is 0.0994 e. The van der Waals surface area contributed by atoms with Crippen molar-refractivity contribution in [2.24, 2.45) is 0 Å². The number of hydrogen-bond donors (Lipinski definition) is 3. The van der Waals surface area contributed by atoms with Gasteiger partial charge >= 0.3 is 0 Å². The van der Waals surface area contributed by atoms with E-state index in [1.165, 1.54) is 5.56 Å². The van der Waals surface area contributed by atoms with Gasteiger partial charge in [0.2, 0.25) is 0 Å². The summed E-state index contributed by atoms with van der Waals surface area (Å²) in [7, 11) is 0. The van der Waals surface area contributed by atoms with Crippen LogP contribution in [0.2, 0.25) is 0 Å². The zero-order chi connectivity index (χ0) is 21.7. The van der Waals surface area contributed by atoms with Crippen molar-refractivity contribution >= 4 is 0 Å². The van der Waals surface area contributed by atoms with Gasteiger partial charge in [0.15, 0.2) is 0 Å². The fourth-order valence-corrected chi connectivity index (χ4v) is 3.89.